The molecule has 1 aliphatic rings. The van der Waals surface area contributed by atoms with Gasteiger partial charge in [0.2, 0.25) is 15.9 Å². The third-order valence-corrected chi connectivity index (χ3v) is 8.18. The van der Waals surface area contributed by atoms with Crippen molar-refractivity contribution in [1.29, 1.82) is 0 Å². The van der Waals surface area contributed by atoms with Crippen LogP contribution in [-0.4, -0.2) is 37.8 Å². The molecule has 1 atom stereocenters. The van der Waals surface area contributed by atoms with Crippen molar-refractivity contribution in [3.63, 3.8) is 0 Å². The molecule has 1 heterocycles. The van der Waals surface area contributed by atoms with E-state index in [-0.39, 0.29) is 21.5 Å². The minimum absolute atomic E-state index is 0.0974. The number of alkyl halides is 3. The standard InChI is InChI=1S/C24H29ClF3N3O3S/c1-15(2)22(29-20-10-8-17(13-19(20)25)24(26,27)28)23(32)30-21-14-18(9-7-16(21)3)35(33,34)31-11-5-4-6-12-31/h7-10,13-15,22,29H,4-6,11-12H2,1-3H3,(H,30,32). The molecular formula is C24H29ClF3N3O3S. The van der Waals surface area contributed by atoms with Gasteiger partial charge in [-0.05, 0) is 61.6 Å². The van der Waals surface area contributed by atoms with E-state index in [1.165, 1.54) is 22.5 Å². The van der Waals surface area contributed by atoms with Gasteiger partial charge in [-0.1, -0.05) is 37.9 Å². The predicted octanol–water partition coefficient (Wildman–Crippen LogP) is 5.92. The number of carbonyl (C=O) groups excluding carboxylic acids is 1. The fraction of sp³-hybridized carbons (Fsp3) is 0.458. The van der Waals surface area contributed by atoms with Crippen molar-refractivity contribution >= 4 is 38.9 Å². The quantitative estimate of drug-likeness (QED) is 0.465. The average molecular weight is 532 g/mol. The van der Waals surface area contributed by atoms with Gasteiger partial charge in [-0.2, -0.15) is 17.5 Å². The van der Waals surface area contributed by atoms with Crippen molar-refractivity contribution in [2.24, 2.45) is 5.92 Å². The minimum Gasteiger partial charge on any atom is -0.372 e. The lowest BCUT2D eigenvalue weighted by atomic mass is 10.0. The number of anilines is 2. The summed E-state index contributed by atoms with van der Waals surface area (Å²) < 4.78 is 66.4. The number of nitrogens with zero attached hydrogens (tertiary/aromatic N) is 1. The van der Waals surface area contributed by atoms with Crippen LogP contribution in [0.1, 0.15) is 44.2 Å². The van der Waals surface area contributed by atoms with Gasteiger partial charge in [0.1, 0.15) is 6.04 Å². The van der Waals surface area contributed by atoms with Crippen LogP contribution < -0.4 is 10.6 Å². The number of amides is 1. The van der Waals surface area contributed by atoms with Gasteiger partial charge in [-0.3, -0.25) is 4.79 Å². The van der Waals surface area contributed by atoms with Crippen LogP contribution in [-0.2, 0) is 21.0 Å². The summed E-state index contributed by atoms with van der Waals surface area (Å²) in [6.45, 7) is 6.23. The number of carbonyl (C=O) groups is 1. The summed E-state index contributed by atoms with van der Waals surface area (Å²) in [6, 6.07) is 6.64. The number of benzene rings is 2. The highest BCUT2D eigenvalue weighted by molar-refractivity contribution is 7.89. The van der Waals surface area contributed by atoms with Crippen LogP contribution in [0.2, 0.25) is 5.02 Å². The van der Waals surface area contributed by atoms with Crippen LogP contribution in [0.5, 0.6) is 0 Å². The molecule has 0 saturated carbocycles. The van der Waals surface area contributed by atoms with E-state index in [4.69, 9.17) is 11.6 Å². The van der Waals surface area contributed by atoms with Gasteiger partial charge in [0.15, 0.2) is 0 Å². The van der Waals surface area contributed by atoms with Crippen molar-refractivity contribution in [3.05, 3.63) is 52.5 Å². The van der Waals surface area contributed by atoms with E-state index in [0.717, 1.165) is 31.4 Å². The van der Waals surface area contributed by atoms with E-state index >= 15 is 0 Å². The minimum atomic E-state index is -4.53. The molecule has 2 N–H and O–H groups in total. The van der Waals surface area contributed by atoms with Crippen LogP contribution in [0.3, 0.4) is 0 Å². The molecular weight excluding hydrogens is 503 g/mol. The molecule has 1 amide bonds. The molecule has 6 nitrogen and oxygen atoms in total. The number of sulfonamides is 1. The maximum absolute atomic E-state index is 13.2. The summed E-state index contributed by atoms with van der Waals surface area (Å²) in [5, 5.41) is 5.54. The van der Waals surface area contributed by atoms with Crippen LogP contribution >= 0.6 is 11.6 Å². The van der Waals surface area contributed by atoms with E-state index in [1.807, 2.05) is 0 Å². The molecule has 0 spiro atoms. The van der Waals surface area contributed by atoms with Crippen LogP contribution in [0, 0.1) is 12.8 Å². The van der Waals surface area contributed by atoms with Crippen molar-refractivity contribution in [3.8, 4) is 0 Å². The number of hydrogen-bond donors (Lipinski definition) is 2. The van der Waals surface area contributed by atoms with Gasteiger partial charge >= 0.3 is 6.18 Å². The first-order valence-corrected chi connectivity index (χ1v) is 13.2. The molecule has 35 heavy (non-hydrogen) atoms. The molecule has 3 rings (SSSR count). The zero-order valence-electron chi connectivity index (χ0n) is 19.7. The molecule has 2 aromatic rings. The number of piperidine rings is 1. The Hall–Kier alpha value is -2.30. The van der Waals surface area contributed by atoms with Gasteiger partial charge < -0.3 is 10.6 Å². The van der Waals surface area contributed by atoms with Gasteiger partial charge in [0.25, 0.3) is 0 Å². The first-order valence-electron chi connectivity index (χ1n) is 11.4. The molecule has 1 fully saturated rings. The predicted molar refractivity (Wildman–Crippen MR) is 131 cm³/mol. The van der Waals surface area contributed by atoms with Gasteiger partial charge in [-0.25, -0.2) is 8.42 Å². The first-order chi connectivity index (χ1) is 16.3. The van der Waals surface area contributed by atoms with Crippen molar-refractivity contribution < 1.29 is 26.4 Å². The summed E-state index contributed by atoms with van der Waals surface area (Å²) in [6.07, 6.45) is -1.92. The molecule has 2 aromatic carbocycles. The Morgan fingerprint density at radius 3 is 2.26 bits per heavy atom. The number of rotatable bonds is 7. The van der Waals surface area contributed by atoms with Crippen LogP contribution in [0.25, 0.3) is 0 Å². The molecule has 0 bridgehead atoms. The van der Waals surface area contributed by atoms with E-state index in [0.29, 0.717) is 24.3 Å². The fourth-order valence-corrected chi connectivity index (χ4v) is 5.65. The lowest BCUT2D eigenvalue weighted by Crippen LogP contribution is -2.39. The molecule has 0 radical (unpaired) electrons. The van der Waals surface area contributed by atoms with E-state index in [1.54, 1.807) is 26.8 Å². The molecule has 1 unspecified atom stereocenters. The number of halogens is 4. The third kappa shape index (κ3) is 6.48. The Balaban J connectivity index is 1.82. The van der Waals surface area contributed by atoms with Crippen molar-refractivity contribution in [1.82, 2.24) is 4.31 Å². The zero-order chi connectivity index (χ0) is 26.0. The molecule has 1 saturated heterocycles. The van der Waals surface area contributed by atoms with Crippen molar-refractivity contribution in [2.75, 3.05) is 23.7 Å². The summed E-state index contributed by atoms with van der Waals surface area (Å²) in [5.74, 6) is -0.722. The van der Waals surface area contributed by atoms with E-state index < -0.39 is 33.7 Å². The van der Waals surface area contributed by atoms with Gasteiger partial charge in [-0.15, -0.1) is 0 Å². The third-order valence-electron chi connectivity index (χ3n) is 5.98. The Bertz CT molecular complexity index is 1180. The van der Waals surface area contributed by atoms with Gasteiger partial charge in [0, 0.05) is 18.8 Å². The number of hydrogen-bond acceptors (Lipinski definition) is 4. The highest BCUT2D eigenvalue weighted by atomic mass is 35.5. The smallest absolute Gasteiger partial charge is 0.372 e. The highest BCUT2D eigenvalue weighted by Gasteiger charge is 2.32. The topological polar surface area (TPSA) is 78.5 Å². The van der Waals surface area contributed by atoms with Gasteiger partial charge in [0.05, 0.1) is 21.2 Å². The van der Waals surface area contributed by atoms with E-state index in [2.05, 4.69) is 10.6 Å². The number of aryl methyl sites for hydroxylation is 1. The normalized spacial score (nSPS) is 16.2. The molecule has 0 aliphatic carbocycles. The maximum atomic E-state index is 13.2. The maximum Gasteiger partial charge on any atom is 0.416 e. The van der Waals surface area contributed by atoms with E-state index in [9.17, 15) is 26.4 Å². The fourth-order valence-electron chi connectivity index (χ4n) is 3.87. The first kappa shape index (κ1) is 27.3. The summed E-state index contributed by atoms with van der Waals surface area (Å²) in [4.78, 5) is 13.3. The van der Waals surface area contributed by atoms with Crippen LogP contribution in [0.15, 0.2) is 41.3 Å². The number of nitrogens with one attached hydrogen (secondary N) is 2. The zero-order valence-corrected chi connectivity index (χ0v) is 21.3. The molecule has 11 heteroatoms. The van der Waals surface area contributed by atoms with Crippen LogP contribution in [0.4, 0.5) is 24.5 Å². The second kappa shape index (κ2) is 10.8. The SMILES string of the molecule is Cc1ccc(S(=O)(=O)N2CCCCC2)cc1NC(=O)C(Nc1ccc(C(F)(F)F)cc1Cl)C(C)C. The largest absolute Gasteiger partial charge is 0.416 e. The Kier molecular flexibility index (Phi) is 8.39. The average Bonchev–Trinajstić information content (AvgIpc) is 2.79. The Morgan fingerprint density at radius 2 is 1.69 bits per heavy atom. The summed E-state index contributed by atoms with van der Waals surface area (Å²) in [5.41, 5.74) is 0.317. The summed E-state index contributed by atoms with van der Waals surface area (Å²) in [7, 11) is -3.69. The summed E-state index contributed by atoms with van der Waals surface area (Å²) >= 11 is 6.05. The van der Waals surface area contributed by atoms with Crippen molar-refractivity contribution in [2.45, 2.75) is 57.1 Å². The molecule has 1 aliphatic heterocycles. The molecule has 192 valence electrons. The second-order valence-electron chi connectivity index (χ2n) is 8.99. The highest BCUT2D eigenvalue weighted by Crippen LogP contribution is 2.34. The Morgan fingerprint density at radius 1 is 1.03 bits per heavy atom. The Labute approximate surface area is 208 Å². The second-order valence-corrected chi connectivity index (χ2v) is 11.3. The lowest BCUT2D eigenvalue weighted by molar-refractivity contribution is -0.137. The molecule has 0 aromatic heterocycles. The lowest BCUT2D eigenvalue weighted by Gasteiger charge is -2.26. The monoisotopic (exact) mass is 531 g/mol.